The molecule has 1 aromatic carbocycles. The molecule has 0 unspecified atom stereocenters. The van der Waals surface area contributed by atoms with Crippen LogP contribution in [-0.4, -0.2) is 75.2 Å². The van der Waals surface area contributed by atoms with Crippen LogP contribution in [-0.2, 0) is 9.53 Å². The van der Waals surface area contributed by atoms with Gasteiger partial charge in [-0.3, -0.25) is 9.59 Å². The molecule has 0 aliphatic carbocycles. The second-order valence-electron chi connectivity index (χ2n) is 6.96. The zero-order chi connectivity index (χ0) is 19.9. The van der Waals surface area contributed by atoms with E-state index in [9.17, 15) is 9.59 Å². The van der Waals surface area contributed by atoms with Gasteiger partial charge in [0, 0.05) is 37.8 Å². The summed E-state index contributed by atoms with van der Waals surface area (Å²) >= 11 is 0. The van der Waals surface area contributed by atoms with Gasteiger partial charge in [0.1, 0.15) is 0 Å². The van der Waals surface area contributed by atoms with Gasteiger partial charge < -0.3 is 24.0 Å². The van der Waals surface area contributed by atoms with E-state index in [1.54, 1.807) is 43.4 Å². The number of carbonyl (C=O) groups excluding carboxylic acids is 2. The van der Waals surface area contributed by atoms with Gasteiger partial charge in [0.05, 0.1) is 27.4 Å². The molecular formula is C21H28N2O5. The first-order chi connectivity index (χ1) is 13.6. The zero-order valence-corrected chi connectivity index (χ0v) is 16.6. The summed E-state index contributed by atoms with van der Waals surface area (Å²) in [7, 11) is 3.11. The summed E-state index contributed by atoms with van der Waals surface area (Å²) in [5, 5.41) is 0. The molecule has 2 amide bonds. The Bertz CT molecular complexity index is 738. The lowest BCUT2D eigenvalue weighted by Gasteiger charge is -2.22. The molecule has 2 heterocycles. The minimum atomic E-state index is -0.0574. The maximum atomic E-state index is 12.9. The molecule has 0 radical (unpaired) electrons. The van der Waals surface area contributed by atoms with Crippen LogP contribution in [0.15, 0.2) is 29.8 Å². The number of methoxy groups -OCH3 is 2. The van der Waals surface area contributed by atoms with Gasteiger partial charge in [-0.25, -0.2) is 0 Å². The first-order valence-corrected chi connectivity index (χ1v) is 9.69. The molecular weight excluding hydrogens is 360 g/mol. The molecule has 0 atom stereocenters. The third-order valence-electron chi connectivity index (χ3n) is 5.19. The van der Waals surface area contributed by atoms with Gasteiger partial charge in [-0.15, -0.1) is 0 Å². The lowest BCUT2D eigenvalue weighted by Crippen LogP contribution is -2.37. The minimum Gasteiger partial charge on any atom is -0.493 e. The molecule has 7 nitrogen and oxygen atoms in total. The SMILES string of the molecule is COc1ccc(C(=O)N2CCCN(C(=O)C=C3CCOCC3)CC2)cc1OC. The molecule has 2 aliphatic heterocycles. The second-order valence-corrected chi connectivity index (χ2v) is 6.96. The summed E-state index contributed by atoms with van der Waals surface area (Å²) in [5.41, 5.74) is 1.71. The first kappa shape index (κ1) is 20.2. The van der Waals surface area contributed by atoms with E-state index in [1.807, 2.05) is 4.90 Å². The second kappa shape index (κ2) is 9.59. The summed E-state index contributed by atoms with van der Waals surface area (Å²) in [5.74, 6) is 1.10. The van der Waals surface area contributed by atoms with Crippen LogP contribution < -0.4 is 9.47 Å². The number of hydrogen-bond donors (Lipinski definition) is 0. The Labute approximate surface area is 165 Å². The Hall–Kier alpha value is -2.54. The average molecular weight is 388 g/mol. The molecule has 1 aromatic rings. The number of amides is 2. The monoisotopic (exact) mass is 388 g/mol. The van der Waals surface area contributed by atoms with Crippen molar-refractivity contribution in [3.8, 4) is 11.5 Å². The van der Waals surface area contributed by atoms with Crippen LogP contribution in [0.3, 0.4) is 0 Å². The summed E-state index contributed by atoms with van der Waals surface area (Å²) in [6.45, 7) is 3.72. The van der Waals surface area contributed by atoms with Crippen molar-refractivity contribution in [2.45, 2.75) is 19.3 Å². The zero-order valence-electron chi connectivity index (χ0n) is 16.6. The lowest BCUT2D eigenvalue weighted by molar-refractivity contribution is -0.126. The molecule has 152 valence electrons. The van der Waals surface area contributed by atoms with Crippen LogP contribution in [0.1, 0.15) is 29.6 Å². The van der Waals surface area contributed by atoms with Gasteiger partial charge in [0.25, 0.3) is 5.91 Å². The van der Waals surface area contributed by atoms with Crippen molar-refractivity contribution in [3.63, 3.8) is 0 Å². The molecule has 0 saturated carbocycles. The van der Waals surface area contributed by atoms with E-state index < -0.39 is 0 Å². The summed E-state index contributed by atoms with van der Waals surface area (Å²) < 4.78 is 15.9. The van der Waals surface area contributed by atoms with Crippen molar-refractivity contribution in [3.05, 3.63) is 35.4 Å². The Morgan fingerprint density at radius 2 is 1.64 bits per heavy atom. The van der Waals surface area contributed by atoms with Crippen molar-refractivity contribution >= 4 is 11.8 Å². The highest BCUT2D eigenvalue weighted by atomic mass is 16.5. The largest absolute Gasteiger partial charge is 0.493 e. The first-order valence-electron chi connectivity index (χ1n) is 9.69. The number of hydrogen-bond acceptors (Lipinski definition) is 5. The lowest BCUT2D eigenvalue weighted by atomic mass is 10.1. The van der Waals surface area contributed by atoms with Crippen LogP contribution in [0.2, 0.25) is 0 Å². The van der Waals surface area contributed by atoms with E-state index in [0.29, 0.717) is 56.5 Å². The summed E-state index contributed by atoms with van der Waals surface area (Å²) in [6, 6.07) is 5.18. The maximum absolute atomic E-state index is 12.9. The highest BCUT2D eigenvalue weighted by Gasteiger charge is 2.23. The van der Waals surface area contributed by atoms with E-state index >= 15 is 0 Å². The molecule has 0 aromatic heterocycles. The van der Waals surface area contributed by atoms with Crippen molar-refractivity contribution < 1.29 is 23.8 Å². The molecule has 0 N–H and O–H groups in total. The van der Waals surface area contributed by atoms with Crippen molar-refractivity contribution in [1.29, 1.82) is 0 Å². The molecule has 2 fully saturated rings. The Morgan fingerprint density at radius 3 is 2.36 bits per heavy atom. The van der Waals surface area contributed by atoms with E-state index in [4.69, 9.17) is 14.2 Å². The van der Waals surface area contributed by atoms with E-state index in [0.717, 1.165) is 24.8 Å². The molecule has 0 bridgehead atoms. The fourth-order valence-electron chi connectivity index (χ4n) is 3.54. The molecule has 0 spiro atoms. The van der Waals surface area contributed by atoms with Crippen LogP contribution >= 0.6 is 0 Å². The topological polar surface area (TPSA) is 68.3 Å². The number of rotatable bonds is 4. The molecule has 3 rings (SSSR count). The number of ether oxygens (including phenoxy) is 3. The average Bonchev–Trinajstić information content (AvgIpc) is 3.00. The minimum absolute atomic E-state index is 0.0392. The van der Waals surface area contributed by atoms with Crippen LogP contribution in [0.25, 0.3) is 0 Å². The standard InChI is InChI=1S/C21H28N2O5/c1-26-18-5-4-17(15-19(18)27-2)21(25)23-9-3-8-22(10-11-23)20(24)14-16-6-12-28-13-7-16/h4-5,14-15H,3,6-13H2,1-2H3. The van der Waals surface area contributed by atoms with Gasteiger partial charge in [-0.2, -0.15) is 0 Å². The normalized spacial score (nSPS) is 17.7. The Balaban J connectivity index is 1.63. The van der Waals surface area contributed by atoms with Gasteiger partial charge in [0.15, 0.2) is 11.5 Å². The van der Waals surface area contributed by atoms with Gasteiger partial charge in [0.2, 0.25) is 5.91 Å². The van der Waals surface area contributed by atoms with Gasteiger partial charge in [-0.1, -0.05) is 5.57 Å². The van der Waals surface area contributed by atoms with Gasteiger partial charge in [-0.05, 0) is 37.5 Å². The molecule has 28 heavy (non-hydrogen) atoms. The van der Waals surface area contributed by atoms with Crippen molar-refractivity contribution in [2.24, 2.45) is 0 Å². The maximum Gasteiger partial charge on any atom is 0.254 e. The smallest absolute Gasteiger partial charge is 0.254 e. The summed E-state index contributed by atoms with van der Waals surface area (Å²) in [6.07, 6.45) is 4.17. The third kappa shape index (κ3) is 4.84. The Morgan fingerprint density at radius 1 is 0.964 bits per heavy atom. The van der Waals surface area contributed by atoms with Crippen LogP contribution in [0, 0.1) is 0 Å². The molecule has 2 aliphatic rings. The van der Waals surface area contributed by atoms with Crippen molar-refractivity contribution in [1.82, 2.24) is 9.80 Å². The predicted octanol–water partition coefficient (Wildman–Crippen LogP) is 2.12. The van der Waals surface area contributed by atoms with E-state index in [1.165, 1.54) is 0 Å². The third-order valence-corrected chi connectivity index (χ3v) is 5.19. The van der Waals surface area contributed by atoms with Crippen molar-refractivity contribution in [2.75, 3.05) is 53.6 Å². The van der Waals surface area contributed by atoms with E-state index in [2.05, 4.69) is 0 Å². The quantitative estimate of drug-likeness (QED) is 0.739. The number of carbonyl (C=O) groups is 2. The number of nitrogens with zero attached hydrogens (tertiary/aromatic N) is 2. The van der Waals surface area contributed by atoms with Crippen LogP contribution in [0.5, 0.6) is 11.5 Å². The Kier molecular flexibility index (Phi) is 6.92. The molecule has 7 heteroatoms. The summed E-state index contributed by atoms with van der Waals surface area (Å²) in [4.78, 5) is 29.1. The number of benzene rings is 1. The fourth-order valence-corrected chi connectivity index (χ4v) is 3.54. The highest BCUT2D eigenvalue weighted by Crippen LogP contribution is 2.28. The van der Waals surface area contributed by atoms with E-state index in [-0.39, 0.29) is 11.8 Å². The van der Waals surface area contributed by atoms with Crippen LogP contribution in [0.4, 0.5) is 0 Å². The predicted molar refractivity (Wildman–Crippen MR) is 105 cm³/mol. The highest BCUT2D eigenvalue weighted by molar-refractivity contribution is 5.95. The van der Waals surface area contributed by atoms with Gasteiger partial charge >= 0.3 is 0 Å². The fraction of sp³-hybridized carbons (Fsp3) is 0.524. The molecule has 2 saturated heterocycles.